The van der Waals surface area contributed by atoms with Crippen molar-refractivity contribution < 1.29 is 9.53 Å². The molecule has 2 heteroatoms. The highest BCUT2D eigenvalue weighted by molar-refractivity contribution is 5.79. The molecule has 0 spiro atoms. The van der Waals surface area contributed by atoms with Gasteiger partial charge in [0.25, 0.3) is 0 Å². The molecule has 0 atom stereocenters. The van der Waals surface area contributed by atoms with Crippen LogP contribution >= 0.6 is 0 Å². The van der Waals surface area contributed by atoms with Crippen molar-refractivity contribution in [3.05, 3.63) is 11.8 Å². The molecule has 0 saturated carbocycles. The summed E-state index contributed by atoms with van der Waals surface area (Å²) in [6, 6.07) is 0. The quantitative estimate of drug-likeness (QED) is 0.560. The SMILES string of the molecule is CC=C(C)OCC(=O)CC. The van der Waals surface area contributed by atoms with Gasteiger partial charge < -0.3 is 4.74 Å². The fraction of sp³-hybridized carbons (Fsp3) is 0.625. The number of carbonyl (C=O) groups is 1. The Bertz CT molecular complexity index is 136. The minimum absolute atomic E-state index is 0.140. The fourth-order valence-electron chi connectivity index (χ4n) is 0.380. The lowest BCUT2D eigenvalue weighted by molar-refractivity contribution is -0.122. The van der Waals surface area contributed by atoms with E-state index < -0.39 is 0 Å². The van der Waals surface area contributed by atoms with E-state index in [1.807, 2.05) is 26.8 Å². The summed E-state index contributed by atoms with van der Waals surface area (Å²) in [4.78, 5) is 10.7. The molecule has 0 bridgehead atoms. The molecule has 0 radical (unpaired) electrons. The molecule has 2 nitrogen and oxygen atoms in total. The molecule has 0 aliphatic carbocycles. The monoisotopic (exact) mass is 142 g/mol. The normalized spacial score (nSPS) is 11.3. The number of hydrogen-bond donors (Lipinski definition) is 0. The van der Waals surface area contributed by atoms with Gasteiger partial charge >= 0.3 is 0 Å². The van der Waals surface area contributed by atoms with Crippen LogP contribution in [0.4, 0.5) is 0 Å². The zero-order chi connectivity index (χ0) is 7.98. The van der Waals surface area contributed by atoms with E-state index in [9.17, 15) is 4.79 Å². The van der Waals surface area contributed by atoms with Crippen LogP contribution < -0.4 is 0 Å². The lowest BCUT2D eigenvalue weighted by Crippen LogP contribution is -2.05. The van der Waals surface area contributed by atoms with Crippen molar-refractivity contribution in [1.82, 2.24) is 0 Å². The highest BCUT2D eigenvalue weighted by Crippen LogP contribution is 1.94. The molecular weight excluding hydrogens is 128 g/mol. The standard InChI is InChI=1S/C8H14O2/c1-4-7(3)10-6-8(9)5-2/h4H,5-6H2,1-3H3. The summed E-state index contributed by atoms with van der Waals surface area (Å²) in [5.74, 6) is 0.947. The first-order chi connectivity index (χ1) is 4.70. The third kappa shape index (κ3) is 4.13. The largest absolute Gasteiger partial charge is 0.491 e. The Morgan fingerprint density at radius 1 is 1.60 bits per heavy atom. The molecule has 0 aromatic heterocycles. The second kappa shape index (κ2) is 5.03. The summed E-state index contributed by atoms with van der Waals surface area (Å²) < 4.78 is 5.06. The van der Waals surface area contributed by atoms with Crippen LogP contribution in [-0.2, 0) is 9.53 Å². The van der Waals surface area contributed by atoms with Gasteiger partial charge in [0.2, 0.25) is 0 Å². The van der Waals surface area contributed by atoms with Crippen LogP contribution in [0.15, 0.2) is 11.8 Å². The van der Waals surface area contributed by atoms with E-state index in [1.54, 1.807) is 0 Å². The molecule has 0 saturated heterocycles. The minimum atomic E-state index is 0.140. The van der Waals surface area contributed by atoms with Crippen LogP contribution in [0.3, 0.4) is 0 Å². The number of Topliss-reactive ketones (excluding diaryl/α,β-unsaturated/α-hetero) is 1. The summed E-state index contributed by atoms with van der Waals surface area (Å²) in [6.07, 6.45) is 2.39. The van der Waals surface area contributed by atoms with Crippen molar-refractivity contribution in [2.24, 2.45) is 0 Å². The van der Waals surface area contributed by atoms with Crippen molar-refractivity contribution in [3.8, 4) is 0 Å². The Morgan fingerprint density at radius 2 is 2.20 bits per heavy atom. The van der Waals surface area contributed by atoms with Crippen LogP contribution in [0.25, 0.3) is 0 Å². The molecule has 0 aliphatic heterocycles. The highest BCUT2D eigenvalue weighted by Gasteiger charge is 1.96. The first kappa shape index (κ1) is 9.21. The van der Waals surface area contributed by atoms with Crippen molar-refractivity contribution in [3.63, 3.8) is 0 Å². The summed E-state index contributed by atoms with van der Waals surface area (Å²) in [7, 11) is 0. The molecule has 0 N–H and O–H groups in total. The Labute approximate surface area is 61.9 Å². The van der Waals surface area contributed by atoms with Crippen molar-refractivity contribution in [2.75, 3.05) is 6.61 Å². The average Bonchev–Trinajstić information content (AvgIpc) is 1.99. The van der Waals surface area contributed by atoms with Crippen molar-refractivity contribution >= 4 is 5.78 Å². The summed E-state index contributed by atoms with van der Waals surface area (Å²) in [6.45, 7) is 5.76. The number of rotatable bonds is 4. The molecule has 0 unspecified atom stereocenters. The fourth-order valence-corrected chi connectivity index (χ4v) is 0.380. The summed E-state index contributed by atoms with van der Waals surface area (Å²) >= 11 is 0. The zero-order valence-corrected chi connectivity index (χ0v) is 6.81. The molecule has 0 fully saturated rings. The molecule has 58 valence electrons. The van der Waals surface area contributed by atoms with Crippen molar-refractivity contribution in [1.29, 1.82) is 0 Å². The minimum Gasteiger partial charge on any atom is -0.491 e. The van der Waals surface area contributed by atoms with Gasteiger partial charge in [0.1, 0.15) is 6.61 Å². The van der Waals surface area contributed by atoms with E-state index in [1.165, 1.54) is 0 Å². The molecule has 0 aromatic carbocycles. The molecule has 0 aliphatic rings. The Morgan fingerprint density at radius 3 is 2.60 bits per heavy atom. The van der Waals surface area contributed by atoms with Gasteiger partial charge in [-0.15, -0.1) is 0 Å². The first-order valence-electron chi connectivity index (χ1n) is 3.48. The van der Waals surface area contributed by atoms with Gasteiger partial charge in [0.05, 0.1) is 5.76 Å². The van der Waals surface area contributed by atoms with E-state index in [4.69, 9.17) is 4.74 Å². The molecule has 0 aromatic rings. The van der Waals surface area contributed by atoms with Crippen LogP contribution in [-0.4, -0.2) is 12.4 Å². The Kier molecular flexibility index (Phi) is 4.63. The number of carbonyl (C=O) groups excluding carboxylic acids is 1. The van der Waals surface area contributed by atoms with Crippen molar-refractivity contribution in [2.45, 2.75) is 27.2 Å². The van der Waals surface area contributed by atoms with Crippen LogP contribution in [0.1, 0.15) is 27.2 Å². The number of ether oxygens (including phenoxy) is 1. The lowest BCUT2D eigenvalue weighted by Gasteiger charge is -2.02. The van der Waals surface area contributed by atoms with Crippen LogP contribution in [0, 0.1) is 0 Å². The third-order valence-electron chi connectivity index (χ3n) is 1.26. The first-order valence-corrected chi connectivity index (χ1v) is 3.48. The topological polar surface area (TPSA) is 26.3 Å². The average molecular weight is 142 g/mol. The van der Waals surface area contributed by atoms with E-state index in [2.05, 4.69) is 0 Å². The molecular formula is C8H14O2. The summed E-state index contributed by atoms with van der Waals surface area (Å²) in [5.41, 5.74) is 0. The van der Waals surface area contributed by atoms with E-state index in [-0.39, 0.29) is 12.4 Å². The van der Waals surface area contributed by atoms with Gasteiger partial charge in [-0.05, 0) is 19.9 Å². The Balaban J connectivity index is 3.45. The van der Waals surface area contributed by atoms with E-state index in [0.717, 1.165) is 5.76 Å². The second-order valence-corrected chi connectivity index (χ2v) is 2.08. The maximum Gasteiger partial charge on any atom is 0.169 e. The number of allylic oxidation sites excluding steroid dienone is 2. The molecule has 0 rings (SSSR count). The predicted octanol–water partition coefficient (Wildman–Crippen LogP) is 1.91. The smallest absolute Gasteiger partial charge is 0.169 e. The van der Waals surface area contributed by atoms with Crippen LogP contribution in [0.5, 0.6) is 0 Å². The third-order valence-corrected chi connectivity index (χ3v) is 1.26. The van der Waals surface area contributed by atoms with E-state index in [0.29, 0.717) is 6.42 Å². The summed E-state index contributed by atoms with van der Waals surface area (Å²) in [5, 5.41) is 0. The van der Waals surface area contributed by atoms with Gasteiger partial charge in [-0.25, -0.2) is 0 Å². The maximum atomic E-state index is 10.7. The molecule has 0 heterocycles. The number of hydrogen-bond acceptors (Lipinski definition) is 2. The van der Waals surface area contributed by atoms with Gasteiger partial charge in [0, 0.05) is 6.42 Å². The van der Waals surface area contributed by atoms with Crippen LogP contribution in [0.2, 0.25) is 0 Å². The second-order valence-electron chi connectivity index (χ2n) is 2.08. The highest BCUT2D eigenvalue weighted by atomic mass is 16.5. The lowest BCUT2D eigenvalue weighted by atomic mass is 10.3. The maximum absolute atomic E-state index is 10.7. The predicted molar refractivity (Wildman–Crippen MR) is 40.7 cm³/mol. The van der Waals surface area contributed by atoms with Gasteiger partial charge in [-0.2, -0.15) is 0 Å². The van der Waals surface area contributed by atoms with Gasteiger partial charge in [-0.1, -0.05) is 6.92 Å². The molecule has 10 heavy (non-hydrogen) atoms. The molecule has 0 amide bonds. The zero-order valence-electron chi connectivity index (χ0n) is 6.81. The van der Waals surface area contributed by atoms with Gasteiger partial charge in [-0.3, -0.25) is 4.79 Å². The number of ketones is 1. The van der Waals surface area contributed by atoms with E-state index >= 15 is 0 Å². The Hall–Kier alpha value is -0.790. The van der Waals surface area contributed by atoms with Gasteiger partial charge in [0.15, 0.2) is 5.78 Å².